The van der Waals surface area contributed by atoms with Crippen LogP contribution in [-0.4, -0.2) is 74.7 Å². The largest absolute Gasteiger partial charge is 0.490 e. The quantitative estimate of drug-likeness (QED) is 0.148. The fraction of sp³-hybridized carbons (Fsp3) is 0.382. The molecule has 1 aliphatic heterocycles. The first kappa shape index (κ1) is 30.9. The molecule has 0 spiro atoms. The number of ether oxygens (including phenoxy) is 1. The number of nitrogens with one attached hydrogen (secondary N) is 2. The van der Waals surface area contributed by atoms with Crippen LogP contribution in [0.5, 0.6) is 5.75 Å². The van der Waals surface area contributed by atoms with Crippen LogP contribution in [0.3, 0.4) is 0 Å². The van der Waals surface area contributed by atoms with Crippen LogP contribution in [0.4, 0.5) is 11.6 Å². The van der Waals surface area contributed by atoms with E-state index in [2.05, 4.69) is 42.6 Å². The van der Waals surface area contributed by atoms with Gasteiger partial charge in [-0.2, -0.15) is 0 Å². The Hall–Kier alpha value is -4.57. The number of hydrogen-bond donors (Lipinski definition) is 3. The molecule has 0 radical (unpaired) electrons. The van der Waals surface area contributed by atoms with E-state index in [1.807, 2.05) is 49.4 Å². The van der Waals surface area contributed by atoms with Crippen molar-refractivity contribution in [1.82, 2.24) is 24.8 Å². The zero-order valence-corrected chi connectivity index (χ0v) is 25.3. The molecule has 0 saturated carbocycles. The van der Waals surface area contributed by atoms with Crippen LogP contribution in [-0.2, 0) is 17.6 Å². The average molecular weight is 596 g/mol. The Bertz CT molecular complexity index is 1500. The number of aryl methyl sites for hydroxylation is 3. The van der Waals surface area contributed by atoms with Gasteiger partial charge < -0.3 is 20.5 Å². The van der Waals surface area contributed by atoms with Crippen molar-refractivity contribution in [3.63, 3.8) is 0 Å². The van der Waals surface area contributed by atoms with Gasteiger partial charge in [-0.15, -0.1) is 0 Å². The van der Waals surface area contributed by atoms with Gasteiger partial charge in [-0.05, 0) is 75.8 Å². The Morgan fingerprint density at radius 2 is 1.93 bits per heavy atom. The molecular formula is C34H41N7O3. The van der Waals surface area contributed by atoms with E-state index >= 15 is 0 Å². The van der Waals surface area contributed by atoms with Gasteiger partial charge in [0.15, 0.2) is 0 Å². The van der Waals surface area contributed by atoms with Crippen molar-refractivity contribution in [2.75, 3.05) is 43.4 Å². The highest BCUT2D eigenvalue weighted by Gasteiger charge is 2.20. The number of carboxylic acids is 1. The molecule has 1 atom stereocenters. The van der Waals surface area contributed by atoms with Crippen molar-refractivity contribution in [2.24, 2.45) is 0 Å². The molecule has 0 bridgehead atoms. The second-order valence-electron chi connectivity index (χ2n) is 11.1. The molecule has 4 aromatic rings. The predicted octanol–water partition coefficient (Wildman–Crippen LogP) is 5.26. The lowest BCUT2D eigenvalue weighted by molar-refractivity contribution is -0.138. The Kier molecular flexibility index (Phi) is 11.1. The average Bonchev–Trinajstić information content (AvgIpc) is 3.05. The fourth-order valence-electron chi connectivity index (χ4n) is 5.34. The predicted molar refractivity (Wildman–Crippen MR) is 172 cm³/mol. The van der Waals surface area contributed by atoms with E-state index in [0.717, 1.165) is 79.4 Å². The van der Waals surface area contributed by atoms with Crippen LogP contribution < -0.4 is 15.4 Å². The zero-order valence-electron chi connectivity index (χ0n) is 25.3. The van der Waals surface area contributed by atoms with E-state index in [4.69, 9.17) is 9.72 Å². The normalized spacial score (nSPS) is 13.1. The van der Waals surface area contributed by atoms with Crippen LogP contribution in [0, 0.1) is 6.92 Å². The van der Waals surface area contributed by atoms with Crippen LogP contribution in [0.15, 0.2) is 73.2 Å². The SMILES string of the molecule is Cc1ncccc1OCCN(CCCCc1ccc2c(n1)NCCC2)CC[C@H](Nc1cc(-c2ccccc2)ncn1)C(=O)O. The highest BCUT2D eigenvalue weighted by Crippen LogP contribution is 2.21. The van der Waals surface area contributed by atoms with Crippen molar-refractivity contribution in [2.45, 2.75) is 51.5 Å². The van der Waals surface area contributed by atoms with Crippen LogP contribution in [0.1, 0.15) is 42.6 Å². The number of anilines is 2. The number of hydrogen-bond acceptors (Lipinski definition) is 9. The van der Waals surface area contributed by atoms with Gasteiger partial charge in [0, 0.05) is 43.2 Å². The molecule has 5 rings (SSSR count). The summed E-state index contributed by atoms with van der Waals surface area (Å²) in [5.74, 6) is 1.37. The number of aliphatic carboxylic acids is 1. The first-order valence-corrected chi connectivity index (χ1v) is 15.4. The minimum atomic E-state index is -0.917. The van der Waals surface area contributed by atoms with Crippen molar-refractivity contribution in [1.29, 1.82) is 0 Å². The molecule has 0 saturated heterocycles. The number of benzene rings is 1. The summed E-state index contributed by atoms with van der Waals surface area (Å²) in [5, 5.41) is 16.6. The van der Waals surface area contributed by atoms with E-state index in [-0.39, 0.29) is 0 Å². The van der Waals surface area contributed by atoms with E-state index in [0.29, 0.717) is 31.9 Å². The van der Waals surface area contributed by atoms with Gasteiger partial charge in [0.2, 0.25) is 0 Å². The van der Waals surface area contributed by atoms with Crippen molar-refractivity contribution < 1.29 is 14.6 Å². The number of fused-ring (bicyclic) bond motifs is 1. The summed E-state index contributed by atoms with van der Waals surface area (Å²) in [4.78, 5) is 32.3. The lowest BCUT2D eigenvalue weighted by Crippen LogP contribution is -2.37. The molecule has 1 aromatic carbocycles. The number of rotatable bonds is 16. The third-order valence-corrected chi connectivity index (χ3v) is 7.82. The summed E-state index contributed by atoms with van der Waals surface area (Å²) < 4.78 is 6.03. The lowest BCUT2D eigenvalue weighted by atomic mass is 10.1. The van der Waals surface area contributed by atoms with Crippen LogP contribution in [0.2, 0.25) is 0 Å². The van der Waals surface area contributed by atoms with E-state index in [1.54, 1.807) is 12.3 Å². The summed E-state index contributed by atoms with van der Waals surface area (Å²) in [6, 6.07) is 18.9. The van der Waals surface area contributed by atoms with Crippen LogP contribution >= 0.6 is 0 Å². The van der Waals surface area contributed by atoms with E-state index in [1.165, 1.54) is 11.9 Å². The molecule has 10 nitrogen and oxygen atoms in total. The molecule has 0 unspecified atom stereocenters. The Balaban J connectivity index is 1.17. The first-order chi connectivity index (χ1) is 21.5. The maximum atomic E-state index is 12.3. The number of carboxylic acid groups (broad SMARTS) is 1. The van der Waals surface area contributed by atoms with Gasteiger partial charge in [0.25, 0.3) is 0 Å². The number of nitrogens with zero attached hydrogens (tertiary/aromatic N) is 5. The maximum Gasteiger partial charge on any atom is 0.326 e. The molecule has 4 heterocycles. The second-order valence-corrected chi connectivity index (χ2v) is 11.1. The van der Waals surface area contributed by atoms with Gasteiger partial charge in [-0.1, -0.05) is 36.4 Å². The molecule has 3 N–H and O–H groups in total. The number of pyridine rings is 2. The summed E-state index contributed by atoms with van der Waals surface area (Å²) in [6.45, 7) is 5.50. The first-order valence-electron chi connectivity index (χ1n) is 15.4. The van der Waals surface area contributed by atoms with E-state index < -0.39 is 12.0 Å². The highest BCUT2D eigenvalue weighted by atomic mass is 16.5. The van der Waals surface area contributed by atoms with Crippen LogP contribution in [0.25, 0.3) is 11.3 Å². The molecule has 44 heavy (non-hydrogen) atoms. The Morgan fingerprint density at radius 1 is 1.05 bits per heavy atom. The standard InChI is InChI=1S/C34H41N7O3/c1-25-31(13-8-17-35-25)44-22-21-41(19-6-5-12-28-15-14-27-11-7-18-36-33(27)39-28)20-16-29(34(42)43)40-32-23-30(37-24-38-32)26-9-3-2-4-10-26/h2-4,8-10,13-15,17,23-24,29H,5-7,11-12,16,18-22H2,1H3,(H,36,39)(H,42,43)(H,37,38,40)/t29-/m0/s1. The smallest absolute Gasteiger partial charge is 0.326 e. The Morgan fingerprint density at radius 3 is 2.77 bits per heavy atom. The van der Waals surface area contributed by atoms with Gasteiger partial charge in [-0.25, -0.2) is 19.7 Å². The number of carbonyl (C=O) groups is 1. The minimum Gasteiger partial charge on any atom is -0.490 e. The molecule has 3 aromatic heterocycles. The maximum absolute atomic E-state index is 12.3. The Labute approximate surface area is 259 Å². The summed E-state index contributed by atoms with van der Waals surface area (Å²) >= 11 is 0. The van der Waals surface area contributed by atoms with Gasteiger partial charge in [0.05, 0.1) is 11.4 Å². The van der Waals surface area contributed by atoms with Crippen molar-refractivity contribution in [3.8, 4) is 17.0 Å². The third-order valence-electron chi connectivity index (χ3n) is 7.82. The second kappa shape index (κ2) is 15.8. The van der Waals surface area contributed by atoms with Crippen molar-refractivity contribution >= 4 is 17.6 Å². The zero-order chi connectivity index (χ0) is 30.6. The van der Waals surface area contributed by atoms with Gasteiger partial charge in [0.1, 0.15) is 36.4 Å². The summed E-state index contributed by atoms with van der Waals surface area (Å²) in [5.41, 5.74) is 4.94. The molecular weight excluding hydrogens is 554 g/mol. The van der Waals surface area contributed by atoms with Gasteiger partial charge in [-0.3, -0.25) is 9.88 Å². The molecule has 0 aliphatic carbocycles. The summed E-state index contributed by atoms with van der Waals surface area (Å²) in [6.07, 6.45) is 8.73. The number of unbranched alkanes of at least 4 members (excludes halogenated alkanes) is 1. The monoisotopic (exact) mass is 595 g/mol. The summed E-state index contributed by atoms with van der Waals surface area (Å²) in [7, 11) is 0. The molecule has 0 amide bonds. The molecule has 230 valence electrons. The topological polar surface area (TPSA) is 125 Å². The molecule has 0 fully saturated rings. The molecule has 10 heteroatoms. The van der Waals surface area contributed by atoms with Crippen molar-refractivity contribution in [3.05, 3.63) is 90.1 Å². The number of aromatic nitrogens is 4. The minimum absolute atomic E-state index is 0.407. The fourth-order valence-corrected chi connectivity index (χ4v) is 5.34. The lowest BCUT2D eigenvalue weighted by Gasteiger charge is -2.25. The highest BCUT2D eigenvalue weighted by molar-refractivity contribution is 5.77. The molecule has 1 aliphatic rings. The van der Waals surface area contributed by atoms with Gasteiger partial charge >= 0.3 is 5.97 Å². The third kappa shape index (κ3) is 8.97. The van der Waals surface area contributed by atoms with E-state index in [9.17, 15) is 9.90 Å².